The van der Waals surface area contributed by atoms with Crippen LogP contribution in [0.4, 0.5) is 0 Å². The van der Waals surface area contributed by atoms with Crippen molar-refractivity contribution in [1.82, 2.24) is 0 Å². The molecule has 3 rings (SSSR count). The van der Waals surface area contributed by atoms with Gasteiger partial charge in [0.05, 0.1) is 12.2 Å². The fourth-order valence-electron chi connectivity index (χ4n) is 5.94. The van der Waals surface area contributed by atoms with E-state index in [1.54, 1.807) is 13.2 Å². The van der Waals surface area contributed by atoms with Crippen LogP contribution in [0.25, 0.3) is 0 Å². The fourth-order valence-corrected chi connectivity index (χ4v) is 10.6. The van der Waals surface area contributed by atoms with Crippen molar-refractivity contribution in [1.29, 1.82) is 0 Å². The largest absolute Gasteiger partial charge is 0.478 e. The van der Waals surface area contributed by atoms with Crippen LogP contribution in [0, 0.1) is 11.8 Å². The zero-order valence-corrected chi connectivity index (χ0v) is 25.4. The Morgan fingerprint density at radius 1 is 1.02 bits per heavy atom. The molecule has 1 aliphatic rings. The Bertz CT molecular complexity index is 1040. The highest BCUT2D eigenvalue weighted by Gasteiger charge is 2.53. The van der Waals surface area contributed by atoms with Crippen LogP contribution in [0.2, 0.25) is 5.04 Å². The summed E-state index contributed by atoms with van der Waals surface area (Å²) < 4.78 is 18.7. The SMILES string of the molecule is COCO[C@@H]1C[C@@H]([C@@H](/C=C/C(=O)O)O[Si](c2ccccc2)(c2ccccc2)C(C)(C)C)[C@H](/C=C/CCCCO)C1. The molecule has 218 valence electrons. The predicted molar refractivity (Wildman–Crippen MR) is 162 cm³/mol. The Hall–Kier alpha value is -2.55. The van der Waals surface area contributed by atoms with Gasteiger partial charge in [-0.15, -0.1) is 0 Å². The Morgan fingerprint density at radius 3 is 2.17 bits per heavy atom. The Labute approximate surface area is 240 Å². The van der Waals surface area contributed by atoms with Crippen LogP contribution >= 0.6 is 0 Å². The highest BCUT2D eigenvalue weighted by atomic mass is 28.4. The molecule has 2 aromatic rings. The minimum atomic E-state index is -2.94. The fraction of sp³-hybridized carbons (Fsp3) is 0.485. The van der Waals surface area contributed by atoms with Crippen LogP contribution < -0.4 is 10.4 Å². The second-order valence-electron chi connectivity index (χ2n) is 11.6. The van der Waals surface area contributed by atoms with Gasteiger partial charge in [0.25, 0.3) is 8.32 Å². The van der Waals surface area contributed by atoms with Crippen molar-refractivity contribution in [3.63, 3.8) is 0 Å². The van der Waals surface area contributed by atoms with Crippen molar-refractivity contribution in [2.75, 3.05) is 20.5 Å². The Kier molecular flexibility index (Phi) is 12.3. The van der Waals surface area contributed by atoms with Crippen molar-refractivity contribution in [3.05, 3.63) is 85.0 Å². The van der Waals surface area contributed by atoms with Crippen molar-refractivity contribution in [2.45, 2.75) is 70.1 Å². The molecule has 2 N–H and O–H groups in total. The number of unbranched alkanes of at least 4 members (excludes halogenated alkanes) is 2. The van der Waals surface area contributed by atoms with Gasteiger partial charge >= 0.3 is 5.97 Å². The summed E-state index contributed by atoms with van der Waals surface area (Å²) in [5.41, 5.74) is 0. The van der Waals surface area contributed by atoms with E-state index in [1.165, 1.54) is 6.08 Å². The molecule has 1 aliphatic carbocycles. The normalized spacial score (nSPS) is 20.9. The number of aliphatic hydroxyl groups excluding tert-OH is 1. The number of aliphatic carboxylic acids is 1. The smallest absolute Gasteiger partial charge is 0.328 e. The number of carboxylic acid groups (broad SMARTS) is 1. The monoisotopic (exact) mass is 566 g/mol. The lowest BCUT2D eigenvalue weighted by atomic mass is 9.90. The van der Waals surface area contributed by atoms with Crippen LogP contribution in [-0.2, 0) is 18.7 Å². The molecule has 7 heteroatoms. The highest BCUT2D eigenvalue weighted by molar-refractivity contribution is 6.99. The number of aliphatic hydroxyl groups is 1. The van der Waals surface area contributed by atoms with Gasteiger partial charge in [0.15, 0.2) is 0 Å². The van der Waals surface area contributed by atoms with Gasteiger partial charge in [-0.2, -0.15) is 0 Å². The van der Waals surface area contributed by atoms with E-state index in [4.69, 9.17) is 19.0 Å². The molecule has 0 aliphatic heterocycles. The summed E-state index contributed by atoms with van der Waals surface area (Å²) in [5, 5.41) is 20.9. The molecule has 2 aromatic carbocycles. The first-order valence-electron chi connectivity index (χ1n) is 14.3. The molecule has 0 unspecified atom stereocenters. The molecule has 1 fully saturated rings. The average Bonchev–Trinajstić information content (AvgIpc) is 3.35. The minimum absolute atomic E-state index is 0.0134. The van der Waals surface area contributed by atoms with Crippen molar-refractivity contribution in [3.8, 4) is 0 Å². The molecule has 0 amide bonds. The third-order valence-corrected chi connectivity index (χ3v) is 12.8. The van der Waals surface area contributed by atoms with E-state index in [1.807, 2.05) is 12.1 Å². The van der Waals surface area contributed by atoms with Gasteiger partial charge in [-0.05, 0) is 65.4 Å². The lowest BCUT2D eigenvalue weighted by Crippen LogP contribution is -2.68. The van der Waals surface area contributed by atoms with Crippen LogP contribution in [-0.4, -0.2) is 57.2 Å². The molecule has 0 spiro atoms. The number of carbonyl (C=O) groups is 1. The number of carboxylic acids is 1. The van der Waals surface area contributed by atoms with Gasteiger partial charge in [0.1, 0.15) is 6.79 Å². The second kappa shape index (κ2) is 15.4. The standard InChI is InChI=1S/C33H46O6Si/c1-33(2,3)40(28-16-10-7-11-17-28,29-18-12-8-13-19-29)39-31(20-21-32(35)36)30-24-27(38-25-37-4)23-26(30)15-9-5-6-14-22-34/h7-13,15-21,26-27,30-31,34H,5-6,14,22-25H2,1-4H3,(H,35,36)/b15-9+,21-20+/t26-,27+,30-,31-/m1/s1. The van der Waals surface area contributed by atoms with Crippen LogP contribution in [0.15, 0.2) is 85.0 Å². The number of methoxy groups -OCH3 is 1. The van der Waals surface area contributed by atoms with Crippen LogP contribution in [0.3, 0.4) is 0 Å². The molecular weight excluding hydrogens is 520 g/mol. The van der Waals surface area contributed by atoms with E-state index >= 15 is 0 Å². The summed E-state index contributed by atoms with van der Waals surface area (Å²) in [6.45, 7) is 7.11. The number of ether oxygens (including phenoxy) is 2. The van der Waals surface area contributed by atoms with E-state index in [-0.39, 0.29) is 36.4 Å². The number of rotatable bonds is 15. The zero-order chi connectivity index (χ0) is 29.0. The van der Waals surface area contributed by atoms with Gasteiger partial charge < -0.3 is 24.1 Å². The van der Waals surface area contributed by atoms with Crippen LogP contribution in [0.5, 0.6) is 0 Å². The molecule has 0 radical (unpaired) electrons. The van der Waals surface area contributed by atoms with Gasteiger partial charge in [-0.3, -0.25) is 0 Å². The summed E-state index contributed by atoms with van der Waals surface area (Å²) in [5.74, 6) is -0.817. The van der Waals surface area contributed by atoms with E-state index in [0.717, 1.165) is 42.5 Å². The minimum Gasteiger partial charge on any atom is -0.478 e. The molecule has 0 saturated heterocycles. The van der Waals surface area contributed by atoms with Gasteiger partial charge in [-0.25, -0.2) is 4.79 Å². The summed E-state index contributed by atoms with van der Waals surface area (Å²) in [6, 6.07) is 20.9. The molecular formula is C33H46O6Si. The lowest BCUT2D eigenvalue weighted by molar-refractivity contribution is -0.131. The molecule has 0 aromatic heterocycles. The molecule has 0 bridgehead atoms. The molecule has 4 atom stereocenters. The predicted octanol–water partition coefficient (Wildman–Crippen LogP) is 5.31. The average molecular weight is 567 g/mol. The maximum Gasteiger partial charge on any atom is 0.328 e. The third-order valence-electron chi connectivity index (χ3n) is 7.78. The van der Waals surface area contributed by atoms with E-state index in [2.05, 4.69) is 81.5 Å². The summed E-state index contributed by atoms with van der Waals surface area (Å²) in [7, 11) is -1.32. The summed E-state index contributed by atoms with van der Waals surface area (Å²) >= 11 is 0. The Balaban J connectivity index is 2.10. The third kappa shape index (κ3) is 8.24. The maximum absolute atomic E-state index is 11.8. The maximum atomic E-state index is 11.8. The van der Waals surface area contributed by atoms with Gasteiger partial charge in [0, 0.05) is 19.8 Å². The first-order chi connectivity index (χ1) is 19.2. The van der Waals surface area contributed by atoms with Crippen LogP contribution in [0.1, 0.15) is 52.9 Å². The highest BCUT2D eigenvalue weighted by Crippen LogP contribution is 2.43. The number of hydrogen-bond donors (Lipinski definition) is 2. The Morgan fingerprint density at radius 2 is 1.65 bits per heavy atom. The van der Waals surface area contributed by atoms with Gasteiger partial charge in [0.2, 0.25) is 0 Å². The van der Waals surface area contributed by atoms with E-state index < -0.39 is 20.4 Å². The topological polar surface area (TPSA) is 85.2 Å². The van der Waals surface area contributed by atoms with Gasteiger partial charge in [-0.1, -0.05) is 93.6 Å². The number of allylic oxidation sites excluding steroid dienone is 2. The first-order valence-corrected chi connectivity index (χ1v) is 16.2. The molecule has 6 nitrogen and oxygen atoms in total. The quantitative estimate of drug-likeness (QED) is 0.1000. The summed E-state index contributed by atoms with van der Waals surface area (Å²) in [6.07, 6.45) is 11.1. The lowest BCUT2D eigenvalue weighted by Gasteiger charge is -2.46. The summed E-state index contributed by atoms with van der Waals surface area (Å²) in [4.78, 5) is 11.8. The first kappa shape index (κ1) is 32.0. The van der Waals surface area contributed by atoms with Crippen molar-refractivity contribution >= 4 is 24.7 Å². The molecule has 1 saturated carbocycles. The molecule has 0 heterocycles. The van der Waals surface area contributed by atoms with Crippen molar-refractivity contribution in [2.24, 2.45) is 11.8 Å². The second-order valence-corrected chi connectivity index (χ2v) is 15.8. The van der Waals surface area contributed by atoms with E-state index in [0.29, 0.717) is 0 Å². The van der Waals surface area contributed by atoms with Crippen molar-refractivity contribution < 1.29 is 28.9 Å². The zero-order valence-electron chi connectivity index (χ0n) is 24.4. The van der Waals surface area contributed by atoms with E-state index in [9.17, 15) is 9.90 Å². The number of hydrogen-bond acceptors (Lipinski definition) is 5. The molecule has 40 heavy (non-hydrogen) atoms. The number of benzene rings is 2.